The Morgan fingerprint density at radius 3 is 2.31 bits per heavy atom. The second-order valence-corrected chi connectivity index (χ2v) is 8.94. The fraction of sp³-hybridized carbons (Fsp3) is 0.300. The van der Waals surface area contributed by atoms with Crippen LogP contribution in [-0.2, 0) is 10.0 Å². The quantitative estimate of drug-likeness (QED) is 0.770. The summed E-state index contributed by atoms with van der Waals surface area (Å²) in [5, 5.41) is 2.85. The topological polar surface area (TPSA) is 110 Å². The first-order valence-electron chi connectivity index (χ1n) is 9.15. The highest BCUT2D eigenvalue weighted by Gasteiger charge is 2.30. The number of halogens is 1. The molecule has 1 fully saturated rings. The van der Waals surface area contributed by atoms with E-state index in [1.165, 1.54) is 40.7 Å². The SMILES string of the molecule is Cc1ccc(S(=O)(=O)N2CCC(NC(=O)c3ccc(F)cc3)CC2)cc1C(N)=O. The number of hydrogen-bond acceptors (Lipinski definition) is 4. The molecular weight excluding hydrogens is 397 g/mol. The van der Waals surface area contributed by atoms with Gasteiger partial charge in [0.2, 0.25) is 15.9 Å². The second-order valence-electron chi connectivity index (χ2n) is 7.00. The van der Waals surface area contributed by atoms with Crippen LogP contribution < -0.4 is 11.1 Å². The standard InChI is InChI=1S/C20H22FN3O4S/c1-13-2-7-17(12-18(13)19(22)25)29(27,28)24-10-8-16(9-11-24)23-20(26)14-3-5-15(21)6-4-14/h2-7,12,16H,8-11H2,1H3,(H2,22,25)(H,23,26). The number of rotatable bonds is 5. The number of nitrogens with one attached hydrogen (secondary N) is 1. The number of carbonyl (C=O) groups excluding carboxylic acids is 2. The van der Waals surface area contributed by atoms with E-state index < -0.39 is 21.7 Å². The molecule has 2 amide bonds. The normalized spacial score (nSPS) is 15.8. The van der Waals surface area contributed by atoms with Gasteiger partial charge in [-0.1, -0.05) is 6.07 Å². The molecule has 3 rings (SSSR count). The number of piperidine rings is 1. The molecule has 0 atom stereocenters. The highest BCUT2D eigenvalue weighted by Crippen LogP contribution is 2.23. The van der Waals surface area contributed by atoms with Crippen LogP contribution in [0.3, 0.4) is 0 Å². The first kappa shape index (κ1) is 20.9. The van der Waals surface area contributed by atoms with Gasteiger partial charge in [0, 0.05) is 30.3 Å². The van der Waals surface area contributed by atoms with Gasteiger partial charge in [-0.2, -0.15) is 4.31 Å². The van der Waals surface area contributed by atoms with Crippen molar-refractivity contribution in [1.29, 1.82) is 0 Å². The third kappa shape index (κ3) is 4.63. The Balaban J connectivity index is 1.65. The third-order valence-electron chi connectivity index (χ3n) is 5.01. The van der Waals surface area contributed by atoms with E-state index in [1.807, 2.05) is 0 Å². The maximum absolute atomic E-state index is 13.0. The first-order chi connectivity index (χ1) is 13.7. The highest BCUT2D eigenvalue weighted by molar-refractivity contribution is 7.89. The molecule has 7 nitrogen and oxygen atoms in total. The number of nitrogens with zero attached hydrogens (tertiary/aromatic N) is 1. The number of carbonyl (C=O) groups is 2. The molecule has 2 aromatic rings. The van der Waals surface area contributed by atoms with Gasteiger partial charge in [0.25, 0.3) is 5.91 Å². The predicted molar refractivity (Wildman–Crippen MR) is 105 cm³/mol. The van der Waals surface area contributed by atoms with Crippen LogP contribution in [0.1, 0.15) is 39.1 Å². The molecule has 1 heterocycles. The molecule has 0 aliphatic carbocycles. The van der Waals surface area contributed by atoms with E-state index in [4.69, 9.17) is 5.73 Å². The van der Waals surface area contributed by atoms with Crippen molar-refractivity contribution in [2.24, 2.45) is 5.73 Å². The van der Waals surface area contributed by atoms with Gasteiger partial charge in [0.1, 0.15) is 5.82 Å². The van der Waals surface area contributed by atoms with Crippen molar-refractivity contribution >= 4 is 21.8 Å². The Bertz CT molecular complexity index is 1030. The Kier molecular flexibility index (Phi) is 5.99. The number of amides is 2. The molecule has 3 N–H and O–H groups in total. The van der Waals surface area contributed by atoms with Crippen molar-refractivity contribution in [3.8, 4) is 0 Å². The van der Waals surface area contributed by atoms with E-state index in [2.05, 4.69) is 5.32 Å². The molecule has 2 aromatic carbocycles. The molecule has 1 aliphatic rings. The fourth-order valence-corrected chi connectivity index (χ4v) is 4.78. The highest BCUT2D eigenvalue weighted by atomic mass is 32.2. The van der Waals surface area contributed by atoms with Gasteiger partial charge in [-0.05, 0) is 61.7 Å². The number of benzene rings is 2. The summed E-state index contributed by atoms with van der Waals surface area (Å²) in [6.45, 7) is 2.15. The minimum Gasteiger partial charge on any atom is -0.366 e. The number of sulfonamides is 1. The third-order valence-corrected chi connectivity index (χ3v) is 6.90. The summed E-state index contributed by atoms with van der Waals surface area (Å²) >= 11 is 0. The minimum absolute atomic E-state index is 0.0192. The summed E-state index contributed by atoms with van der Waals surface area (Å²) in [6.07, 6.45) is 0.890. The smallest absolute Gasteiger partial charge is 0.251 e. The summed E-state index contributed by atoms with van der Waals surface area (Å²) in [5.74, 6) is -1.42. The predicted octanol–water partition coefficient (Wildman–Crippen LogP) is 1.82. The van der Waals surface area contributed by atoms with Crippen molar-refractivity contribution in [1.82, 2.24) is 9.62 Å². The molecule has 0 radical (unpaired) electrons. The zero-order valence-corrected chi connectivity index (χ0v) is 16.7. The Morgan fingerprint density at radius 1 is 1.10 bits per heavy atom. The lowest BCUT2D eigenvalue weighted by Gasteiger charge is -2.31. The molecule has 1 aliphatic heterocycles. The fourth-order valence-electron chi connectivity index (χ4n) is 3.29. The average Bonchev–Trinajstić information content (AvgIpc) is 2.69. The van der Waals surface area contributed by atoms with E-state index in [0.29, 0.717) is 24.0 Å². The molecule has 0 spiro atoms. The molecule has 9 heteroatoms. The van der Waals surface area contributed by atoms with Gasteiger partial charge in [-0.3, -0.25) is 9.59 Å². The molecule has 1 saturated heterocycles. The molecule has 0 unspecified atom stereocenters. The van der Waals surface area contributed by atoms with Gasteiger partial charge in [-0.15, -0.1) is 0 Å². The van der Waals surface area contributed by atoms with Crippen LogP contribution in [0.2, 0.25) is 0 Å². The maximum Gasteiger partial charge on any atom is 0.251 e. The maximum atomic E-state index is 13.0. The summed E-state index contributed by atoms with van der Waals surface area (Å²) in [5.41, 5.74) is 6.45. The summed E-state index contributed by atoms with van der Waals surface area (Å²) in [4.78, 5) is 23.8. The number of nitrogens with two attached hydrogens (primary N) is 1. The van der Waals surface area contributed by atoms with Crippen LogP contribution in [0.15, 0.2) is 47.4 Å². The van der Waals surface area contributed by atoms with Crippen LogP contribution in [0, 0.1) is 12.7 Å². The molecule has 29 heavy (non-hydrogen) atoms. The van der Waals surface area contributed by atoms with E-state index in [0.717, 1.165) is 0 Å². The Morgan fingerprint density at radius 2 is 1.72 bits per heavy atom. The van der Waals surface area contributed by atoms with Crippen molar-refractivity contribution in [3.63, 3.8) is 0 Å². The lowest BCUT2D eigenvalue weighted by molar-refractivity contribution is 0.0923. The van der Waals surface area contributed by atoms with Gasteiger partial charge < -0.3 is 11.1 Å². The van der Waals surface area contributed by atoms with Gasteiger partial charge in [-0.25, -0.2) is 12.8 Å². The van der Waals surface area contributed by atoms with Crippen molar-refractivity contribution < 1.29 is 22.4 Å². The average molecular weight is 419 g/mol. The van der Waals surface area contributed by atoms with Crippen LogP contribution in [0.4, 0.5) is 4.39 Å². The zero-order chi connectivity index (χ0) is 21.2. The second kappa shape index (κ2) is 8.30. The van der Waals surface area contributed by atoms with Crippen LogP contribution in [-0.4, -0.2) is 43.7 Å². The summed E-state index contributed by atoms with van der Waals surface area (Å²) < 4.78 is 40.1. The number of aryl methyl sites for hydroxylation is 1. The number of hydrogen-bond donors (Lipinski definition) is 2. The van der Waals surface area contributed by atoms with E-state index in [1.54, 1.807) is 13.0 Å². The van der Waals surface area contributed by atoms with Gasteiger partial charge in [0.05, 0.1) is 4.90 Å². The Labute approximate surface area is 168 Å². The summed E-state index contributed by atoms with van der Waals surface area (Å²) in [7, 11) is -3.77. The molecule has 0 bridgehead atoms. The van der Waals surface area contributed by atoms with Crippen molar-refractivity contribution in [3.05, 3.63) is 65.0 Å². The van der Waals surface area contributed by atoms with E-state index in [-0.39, 0.29) is 35.5 Å². The van der Waals surface area contributed by atoms with Crippen LogP contribution >= 0.6 is 0 Å². The molecule has 0 saturated carbocycles. The van der Waals surface area contributed by atoms with Crippen LogP contribution in [0.5, 0.6) is 0 Å². The van der Waals surface area contributed by atoms with Gasteiger partial charge >= 0.3 is 0 Å². The van der Waals surface area contributed by atoms with E-state index in [9.17, 15) is 22.4 Å². The van der Waals surface area contributed by atoms with Crippen LogP contribution in [0.25, 0.3) is 0 Å². The first-order valence-corrected chi connectivity index (χ1v) is 10.6. The monoisotopic (exact) mass is 419 g/mol. The lowest BCUT2D eigenvalue weighted by atomic mass is 10.1. The molecular formula is C20H22FN3O4S. The molecule has 154 valence electrons. The van der Waals surface area contributed by atoms with Crippen molar-refractivity contribution in [2.45, 2.75) is 30.7 Å². The van der Waals surface area contributed by atoms with Gasteiger partial charge in [0.15, 0.2) is 0 Å². The van der Waals surface area contributed by atoms with E-state index >= 15 is 0 Å². The Hall–Kier alpha value is -2.78. The molecule has 0 aromatic heterocycles. The lowest BCUT2D eigenvalue weighted by Crippen LogP contribution is -2.46. The largest absolute Gasteiger partial charge is 0.366 e. The summed E-state index contributed by atoms with van der Waals surface area (Å²) in [6, 6.07) is 9.36. The minimum atomic E-state index is -3.77. The van der Waals surface area contributed by atoms with Crippen molar-refractivity contribution in [2.75, 3.05) is 13.1 Å². The zero-order valence-electron chi connectivity index (χ0n) is 15.9. The number of primary amides is 1.